The van der Waals surface area contributed by atoms with Gasteiger partial charge in [0.1, 0.15) is 0 Å². The smallest absolute Gasteiger partial charge is 0.224 e. The summed E-state index contributed by atoms with van der Waals surface area (Å²) in [5.74, 6) is 0.940. The Morgan fingerprint density at radius 3 is 2.56 bits per heavy atom. The Bertz CT molecular complexity index is 383. The van der Waals surface area contributed by atoms with Crippen molar-refractivity contribution in [3.63, 3.8) is 0 Å². The lowest BCUT2D eigenvalue weighted by molar-refractivity contribution is -0.132. The lowest BCUT2D eigenvalue weighted by Gasteiger charge is -2.31. The first kappa shape index (κ1) is 13.1. The Morgan fingerprint density at radius 2 is 1.94 bits per heavy atom. The second kappa shape index (κ2) is 6.01. The van der Waals surface area contributed by atoms with Gasteiger partial charge < -0.3 is 10.6 Å². The highest BCUT2D eigenvalue weighted by molar-refractivity contribution is 5.77. The number of amides is 1. The SMILES string of the molecule is CC1CCN(C(=O)C[C@@H](N)c2ccccc2)CC1. The van der Waals surface area contributed by atoms with Gasteiger partial charge in [0.25, 0.3) is 0 Å². The minimum Gasteiger partial charge on any atom is -0.343 e. The van der Waals surface area contributed by atoms with Crippen LogP contribution in [0.2, 0.25) is 0 Å². The van der Waals surface area contributed by atoms with Gasteiger partial charge in [0.2, 0.25) is 5.91 Å². The molecule has 3 heteroatoms. The zero-order valence-electron chi connectivity index (χ0n) is 11.0. The lowest BCUT2D eigenvalue weighted by atomic mass is 9.98. The van der Waals surface area contributed by atoms with Gasteiger partial charge in [-0.1, -0.05) is 37.3 Å². The molecule has 0 aromatic heterocycles. The maximum atomic E-state index is 12.1. The molecule has 0 aliphatic carbocycles. The Morgan fingerprint density at radius 1 is 1.33 bits per heavy atom. The Balaban J connectivity index is 1.87. The van der Waals surface area contributed by atoms with Crippen molar-refractivity contribution in [2.75, 3.05) is 13.1 Å². The number of hydrogen-bond acceptors (Lipinski definition) is 2. The molecule has 98 valence electrons. The first-order valence-corrected chi connectivity index (χ1v) is 6.75. The number of nitrogens with two attached hydrogens (primary N) is 1. The van der Waals surface area contributed by atoms with Gasteiger partial charge in [0, 0.05) is 25.6 Å². The zero-order valence-corrected chi connectivity index (χ0v) is 11.0. The van der Waals surface area contributed by atoms with E-state index in [1.54, 1.807) is 0 Å². The number of likely N-dealkylation sites (tertiary alicyclic amines) is 1. The highest BCUT2D eigenvalue weighted by Gasteiger charge is 2.22. The van der Waals surface area contributed by atoms with Gasteiger partial charge in [-0.05, 0) is 24.3 Å². The van der Waals surface area contributed by atoms with E-state index in [1.807, 2.05) is 35.2 Å². The van der Waals surface area contributed by atoms with Crippen LogP contribution in [0.1, 0.15) is 37.8 Å². The second-order valence-electron chi connectivity index (χ2n) is 5.28. The predicted molar refractivity (Wildman–Crippen MR) is 73.0 cm³/mol. The molecule has 1 fully saturated rings. The van der Waals surface area contributed by atoms with Gasteiger partial charge in [-0.3, -0.25) is 4.79 Å². The van der Waals surface area contributed by atoms with E-state index in [4.69, 9.17) is 5.73 Å². The first-order valence-electron chi connectivity index (χ1n) is 6.75. The Kier molecular flexibility index (Phi) is 4.37. The molecule has 1 heterocycles. The molecule has 0 unspecified atom stereocenters. The average Bonchev–Trinajstić information content (AvgIpc) is 2.40. The second-order valence-corrected chi connectivity index (χ2v) is 5.28. The molecule has 2 rings (SSSR count). The van der Waals surface area contributed by atoms with Gasteiger partial charge in [-0.2, -0.15) is 0 Å². The van der Waals surface area contributed by atoms with Gasteiger partial charge in [0.15, 0.2) is 0 Å². The van der Waals surface area contributed by atoms with E-state index in [9.17, 15) is 4.79 Å². The summed E-state index contributed by atoms with van der Waals surface area (Å²) in [5, 5.41) is 0. The molecule has 0 radical (unpaired) electrons. The third-order valence-electron chi connectivity index (χ3n) is 3.76. The van der Waals surface area contributed by atoms with Gasteiger partial charge in [-0.15, -0.1) is 0 Å². The number of carbonyl (C=O) groups excluding carboxylic acids is 1. The quantitative estimate of drug-likeness (QED) is 0.889. The zero-order chi connectivity index (χ0) is 13.0. The lowest BCUT2D eigenvalue weighted by Crippen LogP contribution is -2.39. The molecule has 2 N–H and O–H groups in total. The maximum Gasteiger partial charge on any atom is 0.224 e. The Hall–Kier alpha value is -1.35. The number of piperidine rings is 1. The van der Waals surface area contributed by atoms with E-state index in [0.29, 0.717) is 6.42 Å². The van der Waals surface area contributed by atoms with Crippen molar-refractivity contribution in [1.82, 2.24) is 4.90 Å². The molecule has 1 aliphatic rings. The van der Waals surface area contributed by atoms with Crippen LogP contribution in [0.3, 0.4) is 0 Å². The molecule has 3 nitrogen and oxygen atoms in total. The number of rotatable bonds is 3. The van der Waals surface area contributed by atoms with Crippen molar-refractivity contribution in [3.05, 3.63) is 35.9 Å². The van der Waals surface area contributed by atoms with Crippen LogP contribution < -0.4 is 5.73 Å². The van der Waals surface area contributed by atoms with Crippen LogP contribution in [0.25, 0.3) is 0 Å². The monoisotopic (exact) mass is 246 g/mol. The van der Waals surface area contributed by atoms with Crippen LogP contribution in [0.5, 0.6) is 0 Å². The molecule has 1 aliphatic heterocycles. The van der Waals surface area contributed by atoms with E-state index in [2.05, 4.69) is 6.92 Å². The van der Waals surface area contributed by atoms with Crippen LogP contribution in [0.4, 0.5) is 0 Å². The summed E-state index contributed by atoms with van der Waals surface area (Å²) in [6.07, 6.45) is 2.65. The predicted octanol–water partition coefficient (Wildman–Crippen LogP) is 2.33. The molecule has 1 aromatic carbocycles. The van der Waals surface area contributed by atoms with E-state index in [-0.39, 0.29) is 11.9 Å². The molecule has 1 saturated heterocycles. The van der Waals surface area contributed by atoms with E-state index in [0.717, 1.165) is 37.4 Å². The summed E-state index contributed by atoms with van der Waals surface area (Å²) in [7, 11) is 0. The topological polar surface area (TPSA) is 46.3 Å². The number of hydrogen-bond donors (Lipinski definition) is 1. The fraction of sp³-hybridized carbons (Fsp3) is 0.533. The summed E-state index contributed by atoms with van der Waals surface area (Å²) >= 11 is 0. The number of benzene rings is 1. The molecule has 1 aromatic rings. The molecule has 0 saturated carbocycles. The first-order chi connectivity index (χ1) is 8.66. The summed E-state index contributed by atoms with van der Waals surface area (Å²) in [6, 6.07) is 9.67. The largest absolute Gasteiger partial charge is 0.343 e. The van der Waals surface area contributed by atoms with Gasteiger partial charge in [0.05, 0.1) is 0 Å². The van der Waals surface area contributed by atoms with Crippen molar-refractivity contribution in [2.45, 2.75) is 32.2 Å². The van der Waals surface area contributed by atoms with Crippen molar-refractivity contribution < 1.29 is 4.79 Å². The maximum absolute atomic E-state index is 12.1. The minimum atomic E-state index is -0.182. The summed E-state index contributed by atoms with van der Waals surface area (Å²) in [6.45, 7) is 4.03. The summed E-state index contributed by atoms with van der Waals surface area (Å²) in [5.41, 5.74) is 7.12. The third kappa shape index (κ3) is 3.33. The van der Waals surface area contributed by atoms with Crippen molar-refractivity contribution >= 4 is 5.91 Å². The fourth-order valence-corrected chi connectivity index (χ4v) is 2.39. The molecule has 1 amide bonds. The van der Waals surface area contributed by atoms with Crippen LogP contribution >= 0.6 is 0 Å². The van der Waals surface area contributed by atoms with E-state index >= 15 is 0 Å². The van der Waals surface area contributed by atoms with Gasteiger partial charge in [-0.25, -0.2) is 0 Å². The van der Waals surface area contributed by atoms with Gasteiger partial charge >= 0.3 is 0 Å². The molecule has 1 atom stereocenters. The molecule has 18 heavy (non-hydrogen) atoms. The van der Waals surface area contributed by atoms with Crippen molar-refractivity contribution in [1.29, 1.82) is 0 Å². The summed E-state index contributed by atoms with van der Waals surface area (Å²) < 4.78 is 0. The molecular weight excluding hydrogens is 224 g/mol. The highest BCUT2D eigenvalue weighted by Crippen LogP contribution is 2.19. The molecular formula is C15H22N2O. The van der Waals surface area contributed by atoms with E-state index in [1.165, 1.54) is 0 Å². The molecule has 0 bridgehead atoms. The number of nitrogens with zero attached hydrogens (tertiary/aromatic N) is 1. The number of carbonyl (C=O) groups is 1. The van der Waals surface area contributed by atoms with Crippen LogP contribution in [0.15, 0.2) is 30.3 Å². The van der Waals surface area contributed by atoms with E-state index < -0.39 is 0 Å². The standard InChI is InChI=1S/C15H22N2O/c1-12-7-9-17(10-8-12)15(18)11-14(16)13-5-3-2-4-6-13/h2-6,12,14H,7-11,16H2,1H3/t14-/m1/s1. The minimum absolute atomic E-state index is 0.182. The average molecular weight is 246 g/mol. The fourth-order valence-electron chi connectivity index (χ4n) is 2.39. The van der Waals surface area contributed by atoms with Crippen molar-refractivity contribution in [2.24, 2.45) is 11.7 Å². The molecule has 0 spiro atoms. The Labute approximate surface area is 109 Å². The highest BCUT2D eigenvalue weighted by atomic mass is 16.2. The van der Waals surface area contributed by atoms with Crippen LogP contribution in [-0.2, 0) is 4.79 Å². The normalized spacial score (nSPS) is 18.7. The van der Waals surface area contributed by atoms with Crippen LogP contribution in [-0.4, -0.2) is 23.9 Å². The van der Waals surface area contributed by atoms with Crippen LogP contribution in [0, 0.1) is 5.92 Å². The van der Waals surface area contributed by atoms with Crippen molar-refractivity contribution in [3.8, 4) is 0 Å². The third-order valence-corrected chi connectivity index (χ3v) is 3.76. The summed E-state index contributed by atoms with van der Waals surface area (Å²) in [4.78, 5) is 14.1.